The average molecular weight is 483 g/mol. The molecule has 176 valence electrons. The molecule has 1 aliphatic rings. The molecule has 0 unspecified atom stereocenters. The minimum atomic E-state index is -3.74. The first kappa shape index (κ1) is 24.7. The van der Waals surface area contributed by atoms with Crippen LogP contribution in [-0.2, 0) is 24.8 Å². The van der Waals surface area contributed by atoms with Crippen LogP contribution in [0.2, 0.25) is 0 Å². The highest BCUT2D eigenvalue weighted by molar-refractivity contribution is 7.89. The molecule has 8 nitrogen and oxygen atoms in total. The van der Waals surface area contributed by atoms with Gasteiger partial charge in [0.05, 0.1) is 16.4 Å². The van der Waals surface area contributed by atoms with E-state index < -0.39 is 20.0 Å². The molecule has 3 rings (SSSR count). The molecule has 2 aromatic carbocycles. The van der Waals surface area contributed by atoms with Crippen molar-refractivity contribution in [2.24, 2.45) is 0 Å². The van der Waals surface area contributed by atoms with E-state index in [9.17, 15) is 16.8 Å². The van der Waals surface area contributed by atoms with Gasteiger partial charge in [0.2, 0.25) is 20.0 Å². The van der Waals surface area contributed by atoms with E-state index in [2.05, 4.69) is 0 Å². The van der Waals surface area contributed by atoms with Crippen LogP contribution in [0.15, 0.2) is 46.2 Å². The van der Waals surface area contributed by atoms with E-state index in [1.807, 2.05) is 13.8 Å². The Bertz CT molecular complexity index is 1170. The lowest BCUT2D eigenvalue weighted by atomic mass is 10.1. The minimum absolute atomic E-state index is 0.0948. The van der Waals surface area contributed by atoms with Crippen molar-refractivity contribution >= 4 is 20.0 Å². The Kier molecular flexibility index (Phi) is 7.61. The van der Waals surface area contributed by atoms with Gasteiger partial charge in [-0.3, -0.25) is 0 Å². The maximum Gasteiger partial charge on any atom is 0.243 e. The number of rotatable bonds is 8. The summed E-state index contributed by atoms with van der Waals surface area (Å²) in [6.07, 6.45) is 0. The van der Waals surface area contributed by atoms with Crippen LogP contribution in [0, 0.1) is 20.8 Å². The van der Waals surface area contributed by atoms with Crippen LogP contribution < -0.4 is 4.74 Å². The van der Waals surface area contributed by atoms with Gasteiger partial charge in [0, 0.05) is 33.3 Å². The van der Waals surface area contributed by atoms with Crippen LogP contribution in [0.3, 0.4) is 0 Å². The normalized spacial score (nSPS) is 16.2. The Hall–Kier alpha value is -1.98. The third-order valence-corrected chi connectivity index (χ3v) is 9.43. The summed E-state index contributed by atoms with van der Waals surface area (Å²) in [6, 6.07) is 9.77. The van der Waals surface area contributed by atoms with E-state index >= 15 is 0 Å². The van der Waals surface area contributed by atoms with E-state index in [-0.39, 0.29) is 36.0 Å². The predicted molar refractivity (Wildman–Crippen MR) is 122 cm³/mol. The fraction of sp³-hybridized carbons (Fsp3) is 0.455. The number of piperazine rings is 1. The molecule has 0 radical (unpaired) electrons. The Labute approximate surface area is 190 Å². The number of hydrogen-bond donors (Lipinski definition) is 0. The lowest BCUT2D eigenvalue weighted by molar-refractivity contribution is 0.146. The van der Waals surface area contributed by atoms with Gasteiger partial charge < -0.3 is 9.47 Å². The second kappa shape index (κ2) is 9.88. The highest BCUT2D eigenvalue weighted by Gasteiger charge is 2.34. The highest BCUT2D eigenvalue weighted by Crippen LogP contribution is 2.26. The molecule has 0 N–H and O–H groups in total. The SMILES string of the molecule is COCCOc1ccc(S(=O)(=O)N2CCN(S(=O)(=O)c3ccc(C)c(C)c3)CC2)cc1C. The molecule has 0 atom stereocenters. The van der Waals surface area contributed by atoms with Gasteiger partial charge in [0.15, 0.2) is 0 Å². The van der Waals surface area contributed by atoms with Crippen LogP contribution in [0.5, 0.6) is 5.75 Å². The summed E-state index contributed by atoms with van der Waals surface area (Å²) in [5, 5.41) is 0. The Morgan fingerprint density at radius 2 is 1.22 bits per heavy atom. The predicted octanol–water partition coefficient (Wildman–Crippen LogP) is 2.33. The van der Waals surface area contributed by atoms with Gasteiger partial charge in [-0.25, -0.2) is 16.8 Å². The summed E-state index contributed by atoms with van der Waals surface area (Å²) < 4.78 is 65.5. The summed E-state index contributed by atoms with van der Waals surface area (Å²) in [6.45, 7) is 6.79. The molecule has 0 amide bonds. The average Bonchev–Trinajstić information content (AvgIpc) is 2.76. The van der Waals surface area contributed by atoms with Crippen LogP contribution in [-0.4, -0.2) is 71.9 Å². The molecule has 0 saturated carbocycles. The van der Waals surface area contributed by atoms with E-state index in [1.54, 1.807) is 44.4 Å². The van der Waals surface area contributed by atoms with Crippen molar-refractivity contribution in [1.82, 2.24) is 8.61 Å². The summed E-state index contributed by atoms with van der Waals surface area (Å²) in [7, 11) is -5.83. The summed E-state index contributed by atoms with van der Waals surface area (Å²) in [5.74, 6) is 0.602. The molecular formula is C22H30N2O6S2. The lowest BCUT2D eigenvalue weighted by Gasteiger charge is -2.33. The highest BCUT2D eigenvalue weighted by atomic mass is 32.2. The number of sulfonamides is 2. The van der Waals surface area contributed by atoms with Crippen molar-refractivity contribution in [2.75, 3.05) is 46.5 Å². The van der Waals surface area contributed by atoms with E-state index in [1.165, 1.54) is 14.7 Å². The zero-order valence-electron chi connectivity index (χ0n) is 18.9. The Morgan fingerprint density at radius 3 is 1.69 bits per heavy atom. The number of ether oxygens (including phenoxy) is 2. The van der Waals surface area contributed by atoms with Crippen molar-refractivity contribution < 1.29 is 26.3 Å². The topological polar surface area (TPSA) is 93.2 Å². The molecule has 0 bridgehead atoms. The zero-order valence-corrected chi connectivity index (χ0v) is 20.5. The van der Waals surface area contributed by atoms with Crippen LogP contribution in [0.25, 0.3) is 0 Å². The van der Waals surface area contributed by atoms with Crippen molar-refractivity contribution in [3.63, 3.8) is 0 Å². The maximum absolute atomic E-state index is 13.1. The zero-order chi connectivity index (χ0) is 23.5. The fourth-order valence-electron chi connectivity index (χ4n) is 3.50. The van der Waals surface area contributed by atoms with Gasteiger partial charge in [-0.15, -0.1) is 0 Å². The van der Waals surface area contributed by atoms with Crippen LogP contribution in [0.4, 0.5) is 0 Å². The molecule has 0 aromatic heterocycles. The van der Waals surface area contributed by atoms with E-state index in [0.717, 1.165) is 11.1 Å². The summed E-state index contributed by atoms with van der Waals surface area (Å²) in [4.78, 5) is 0.399. The Balaban J connectivity index is 1.71. The first-order chi connectivity index (χ1) is 15.1. The summed E-state index contributed by atoms with van der Waals surface area (Å²) >= 11 is 0. The molecule has 1 heterocycles. The van der Waals surface area contributed by atoms with Gasteiger partial charge >= 0.3 is 0 Å². The smallest absolute Gasteiger partial charge is 0.243 e. The van der Waals surface area contributed by atoms with Crippen molar-refractivity contribution in [3.8, 4) is 5.75 Å². The van der Waals surface area contributed by atoms with Gasteiger partial charge in [-0.1, -0.05) is 6.07 Å². The van der Waals surface area contributed by atoms with Crippen molar-refractivity contribution in [2.45, 2.75) is 30.6 Å². The van der Waals surface area contributed by atoms with Crippen molar-refractivity contribution in [1.29, 1.82) is 0 Å². The maximum atomic E-state index is 13.1. The molecule has 1 aliphatic heterocycles. The molecule has 0 spiro atoms. The van der Waals surface area contributed by atoms with Gasteiger partial charge in [-0.2, -0.15) is 8.61 Å². The second-order valence-electron chi connectivity index (χ2n) is 7.82. The largest absolute Gasteiger partial charge is 0.491 e. The monoisotopic (exact) mass is 482 g/mol. The molecule has 10 heteroatoms. The standard InChI is InChI=1S/C22H30N2O6S2/c1-17-5-6-20(15-18(17)2)31(25,26)23-9-11-24(12-10-23)32(27,28)21-7-8-22(19(3)16-21)30-14-13-29-4/h5-8,15-16H,9-14H2,1-4H3. The Morgan fingerprint density at radius 1 is 0.719 bits per heavy atom. The van der Waals surface area contributed by atoms with E-state index in [4.69, 9.17) is 9.47 Å². The van der Waals surface area contributed by atoms with Crippen LogP contribution >= 0.6 is 0 Å². The number of methoxy groups -OCH3 is 1. The van der Waals surface area contributed by atoms with Crippen LogP contribution in [0.1, 0.15) is 16.7 Å². The quantitative estimate of drug-likeness (QED) is 0.536. The summed E-state index contributed by atoms with van der Waals surface area (Å²) in [5.41, 5.74) is 2.63. The third-order valence-electron chi connectivity index (χ3n) is 5.64. The molecule has 1 saturated heterocycles. The minimum Gasteiger partial charge on any atom is -0.491 e. The van der Waals surface area contributed by atoms with Gasteiger partial charge in [-0.05, 0) is 67.8 Å². The van der Waals surface area contributed by atoms with Gasteiger partial charge in [0.1, 0.15) is 12.4 Å². The second-order valence-corrected chi connectivity index (χ2v) is 11.7. The molecule has 1 fully saturated rings. The number of hydrogen-bond acceptors (Lipinski definition) is 6. The lowest BCUT2D eigenvalue weighted by Crippen LogP contribution is -2.50. The number of nitrogens with zero attached hydrogens (tertiary/aromatic N) is 2. The van der Waals surface area contributed by atoms with Gasteiger partial charge in [0.25, 0.3) is 0 Å². The first-order valence-electron chi connectivity index (χ1n) is 10.4. The van der Waals surface area contributed by atoms with E-state index in [0.29, 0.717) is 24.5 Å². The van der Waals surface area contributed by atoms with Crippen molar-refractivity contribution in [3.05, 3.63) is 53.1 Å². The first-order valence-corrected chi connectivity index (χ1v) is 13.3. The molecule has 2 aromatic rings. The molecule has 32 heavy (non-hydrogen) atoms. The fourth-order valence-corrected chi connectivity index (χ4v) is 6.52. The molecular weight excluding hydrogens is 452 g/mol. The third kappa shape index (κ3) is 5.15. The molecule has 0 aliphatic carbocycles. The number of benzene rings is 2. The number of aryl methyl sites for hydroxylation is 3.